The fraction of sp³-hybridized carbons (Fsp3) is 0.458. The molecule has 0 aliphatic carbocycles. The smallest absolute Gasteiger partial charge is 0.338 e. The lowest BCUT2D eigenvalue weighted by Gasteiger charge is -2.39. The van der Waals surface area contributed by atoms with E-state index in [2.05, 4.69) is 18.5 Å². The summed E-state index contributed by atoms with van der Waals surface area (Å²) in [5, 5.41) is 0.600. The molecule has 172 valence electrons. The monoisotopic (exact) mass is 458 g/mol. The summed E-state index contributed by atoms with van der Waals surface area (Å²) in [7, 11) is 1.58. The molecule has 0 saturated carbocycles. The van der Waals surface area contributed by atoms with Gasteiger partial charge in [-0.2, -0.15) is 0 Å². The molecular weight excluding hydrogens is 428 g/mol. The van der Waals surface area contributed by atoms with E-state index in [9.17, 15) is 9.59 Å². The third-order valence-electron chi connectivity index (χ3n) is 5.27. The second-order valence-electron chi connectivity index (χ2n) is 7.51. The van der Waals surface area contributed by atoms with E-state index in [1.165, 1.54) is 17.8 Å². The van der Waals surface area contributed by atoms with Gasteiger partial charge in [-0.05, 0) is 31.0 Å². The Labute approximate surface area is 193 Å². The number of allylic oxidation sites excluding steroid dienone is 1. The van der Waals surface area contributed by atoms with Crippen LogP contribution in [0.5, 0.6) is 11.5 Å². The number of esters is 1. The lowest BCUT2D eigenvalue weighted by Crippen LogP contribution is -2.45. The highest BCUT2D eigenvalue weighted by atomic mass is 32.2. The van der Waals surface area contributed by atoms with Crippen LogP contribution in [-0.4, -0.2) is 48.0 Å². The van der Waals surface area contributed by atoms with Crippen molar-refractivity contribution in [3.63, 3.8) is 0 Å². The highest BCUT2D eigenvalue weighted by Gasteiger charge is 2.41. The molecule has 1 aromatic carbocycles. The first-order valence-corrected chi connectivity index (χ1v) is 11.8. The molecule has 1 amide bonds. The van der Waals surface area contributed by atoms with E-state index >= 15 is 0 Å². The largest absolute Gasteiger partial charge is 0.493 e. The summed E-state index contributed by atoms with van der Waals surface area (Å²) in [6.07, 6.45) is 5.06. The first-order chi connectivity index (χ1) is 15.5. The minimum absolute atomic E-state index is 0.0760. The molecule has 8 heteroatoms. The van der Waals surface area contributed by atoms with Crippen LogP contribution in [0.15, 0.2) is 47.1 Å². The molecule has 1 fully saturated rings. The standard InChI is InChI=1S/C24H30N2O5S/c1-5-7-8-13-30-18-10-9-17(15-19(18)29-4)22-21(23(28)31-12-6-2)16(3)25-24-26(22)20(27)11-14-32-24/h6,9-10,15,22H,2,5,7-8,11-14H2,1,3-4H3/t22-/m1/s1. The number of aliphatic imine (C=N–C) groups is 1. The summed E-state index contributed by atoms with van der Waals surface area (Å²) < 4.78 is 16.8. The Morgan fingerprint density at radius 2 is 2.16 bits per heavy atom. The number of ether oxygens (including phenoxy) is 3. The Morgan fingerprint density at radius 1 is 1.34 bits per heavy atom. The fourth-order valence-electron chi connectivity index (χ4n) is 3.69. The van der Waals surface area contributed by atoms with E-state index in [1.807, 2.05) is 18.2 Å². The van der Waals surface area contributed by atoms with Gasteiger partial charge in [0.25, 0.3) is 0 Å². The van der Waals surface area contributed by atoms with Crippen LogP contribution in [-0.2, 0) is 14.3 Å². The third kappa shape index (κ3) is 5.18. The summed E-state index contributed by atoms with van der Waals surface area (Å²) in [5.41, 5.74) is 1.61. The molecule has 0 radical (unpaired) electrons. The summed E-state index contributed by atoms with van der Waals surface area (Å²) >= 11 is 1.51. The molecule has 1 saturated heterocycles. The average molecular weight is 459 g/mol. The molecule has 1 aromatic rings. The fourth-order valence-corrected chi connectivity index (χ4v) is 4.70. The average Bonchev–Trinajstić information content (AvgIpc) is 2.79. The van der Waals surface area contributed by atoms with Crippen molar-refractivity contribution in [1.82, 2.24) is 4.90 Å². The van der Waals surface area contributed by atoms with Crippen LogP contribution in [0.1, 0.15) is 51.1 Å². The Morgan fingerprint density at radius 3 is 2.88 bits per heavy atom. The number of unbranched alkanes of at least 4 members (excludes halogenated alkanes) is 2. The minimum atomic E-state index is -0.650. The number of amidine groups is 1. The quantitative estimate of drug-likeness (QED) is 0.289. The first-order valence-electron chi connectivity index (χ1n) is 10.8. The molecule has 32 heavy (non-hydrogen) atoms. The van der Waals surface area contributed by atoms with Crippen molar-refractivity contribution in [2.75, 3.05) is 26.1 Å². The van der Waals surface area contributed by atoms with Crippen molar-refractivity contribution in [3.05, 3.63) is 47.7 Å². The molecule has 1 atom stereocenters. The summed E-state index contributed by atoms with van der Waals surface area (Å²) in [5.74, 6) is 1.26. The second-order valence-corrected chi connectivity index (χ2v) is 8.57. The maximum atomic E-state index is 13.0. The topological polar surface area (TPSA) is 77.4 Å². The van der Waals surface area contributed by atoms with E-state index < -0.39 is 12.0 Å². The van der Waals surface area contributed by atoms with Gasteiger partial charge in [0, 0.05) is 12.2 Å². The SMILES string of the molecule is C=CCOC(=O)C1=C(C)N=C2SCCC(=O)N2[C@@H]1c1ccc(OCCCCC)c(OC)c1. The number of amides is 1. The Balaban J connectivity index is 2.00. The van der Waals surface area contributed by atoms with Gasteiger partial charge >= 0.3 is 5.97 Å². The van der Waals surface area contributed by atoms with Gasteiger partial charge in [0.05, 0.1) is 31.0 Å². The Hall–Kier alpha value is -2.74. The van der Waals surface area contributed by atoms with Crippen molar-refractivity contribution in [2.45, 2.75) is 45.6 Å². The maximum Gasteiger partial charge on any atom is 0.338 e. The number of hydrogen-bond acceptors (Lipinski definition) is 7. The van der Waals surface area contributed by atoms with Gasteiger partial charge in [-0.25, -0.2) is 9.79 Å². The molecule has 0 unspecified atom stereocenters. The number of thioether (sulfide) groups is 1. The number of carbonyl (C=O) groups is 2. The van der Waals surface area contributed by atoms with Gasteiger partial charge in [0.1, 0.15) is 6.61 Å². The van der Waals surface area contributed by atoms with E-state index in [4.69, 9.17) is 14.2 Å². The molecule has 0 spiro atoms. The van der Waals surface area contributed by atoms with E-state index in [0.717, 1.165) is 24.8 Å². The zero-order valence-electron chi connectivity index (χ0n) is 18.9. The summed E-state index contributed by atoms with van der Waals surface area (Å²) in [6.45, 7) is 8.19. The van der Waals surface area contributed by atoms with Gasteiger partial charge in [0.2, 0.25) is 5.91 Å². The number of fused-ring (bicyclic) bond motifs is 1. The molecule has 2 heterocycles. The minimum Gasteiger partial charge on any atom is -0.493 e. The maximum absolute atomic E-state index is 13.0. The molecule has 2 aliphatic rings. The van der Waals surface area contributed by atoms with Crippen LogP contribution in [0.2, 0.25) is 0 Å². The highest BCUT2D eigenvalue weighted by Crippen LogP contribution is 2.42. The van der Waals surface area contributed by atoms with Crippen LogP contribution in [0.3, 0.4) is 0 Å². The number of hydrogen-bond donors (Lipinski definition) is 0. The number of nitrogens with zero attached hydrogens (tertiary/aromatic N) is 2. The number of rotatable bonds is 10. The van der Waals surface area contributed by atoms with Crippen LogP contribution < -0.4 is 9.47 Å². The van der Waals surface area contributed by atoms with Crippen LogP contribution in [0, 0.1) is 0 Å². The lowest BCUT2D eigenvalue weighted by atomic mass is 9.94. The van der Waals surface area contributed by atoms with Gasteiger partial charge in [-0.15, -0.1) is 0 Å². The summed E-state index contributed by atoms with van der Waals surface area (Å²) in [6, 6.07) is 4.87. The van der Waals surface area contributed by atoms with E-state index in [0.29, 0.717) is 46.7 Å². The molecular formula is C24H30N2O5S. The predicted octanol–water partition coefficient (Wildman–Crippen LogP) is 4.64. The Kier molecular flexibility index (Phi) is 8.39. The molecule has 3 rings (SSSR count). The Bertz CT molecular complexity index is 940. The first kappa shape index (κ1) is 23.9. The second kappa shape index (κ2) is 11.2. The molecule has 2 aliphatic heterocycles. The van der Waals surface area contributed by atoms with Gasteiger partial charge < -0.3 is 14.2 Å². The number of benzene rings is 1. The molecule has 0 N–H and O–H groups in total. The van der Waals surface area contributed by atoms with Crippen LogP contribution >= 0.6 is 11.8 Å². The zero-order chi connectivity index (χ0) is 23.1. The van der Waals surface area contributed by atoms with Gasteiger partial charge in [0.15, 0.2) is 16.7 Å². The van der Waals surface area contributed by atoms with Crippen molar-refractivity contribution in [2.24, 2.45) is 4.99 Å². The van der Waals surface area contributed by atoms with Crippen molar-refractivity contribution in [3.8, 4) is 11.5 Å². The third-order valence-corrected chi connectivity index (χ3v) is 6.22. The summed E-state index contributed by atoms with van der Waals surface area (Å²) in [4.78, 5) is 32.0. The molecule has 7 nitrogen and oxygen atoms in total. The van der Waals surface area contributed by atoms with E-state index in [1.54, 1.807) is 18.9 Å². The number of carbonyl (C=O) groups excluding carboxylic acids is 2. The molecule has 0 bridgehead atoms. The van der Waals surface area contributed by atoms with Gasteiger partial charge in [-0.1, -0.05) is 50.2 Å². The van der Waals surface area contributed by atoms with Gasteiger partial charge in [-0.3, -0.25) is 9.69 Å². The zero-order valence-corrected chi connectivity index (χ0v) is 19.7. The van der Waals surface area contributed by atoms with Crippen LogP contribution in [0.4, 0.5) is 0 Å². The van der Waals surface area contributed by atoms with E-state index in [-0.39, 0.29) is 12.5 Å². The van der Waals surface area contributed by atoms with Crippen molar-refractivity contribution >= 4 is 28.8 Å². The van der Waals surface area contributed by atoms with Crippen molar-refractivity contribution < 1.29 is 23.8 Å². The highest BCUT2D eigenvalue weighted by molar-refractivity contribution is 8.14. The lowest BCUT2D eigenvalue weighted by molar-refractivity contribution is -0.139. The molecule has 0 aromatic heterocycles. The van der Waals surface area contributed by atoms with Crippen LogP contribution in [0.25, 0.3) is 0 Å². The van der Waals surface area contributed by atoms with Crippen molar-refractivity contribution in [1.29, 1.82) is 0 Å². The number of methoxy groups -OCH3 is 1. The predicted molar refractivity (Wildman–Crippen MR) is 126 cm³/mol. The normalized spacial score (nSPS) is 18.1.